The molecule has 2 aromatic carbocycles. The fourth-order valence-electron chi connectivity index (χ4n) is 2.21. The quantitative estimate of drug-likeness (QED) is 0.868. The van der Waals surface area contributed by atoms with Crippen LogP contribution in [-0.2, 0) is 0 Å². The molecule has 0 amide bonds. The lowest BCUT2D eigenvalue weighted by Crippen LogP contribution is -1.97. The van der Waals surface area contributed by atoms with Crippen LogP contribution in [-0.4, -0.2) is 16.2 Å². The van der Waals surface area contributed by atoms with Gasteiger partial charge in [-0.05, 0) is 60.9 Å². The lowest BCUT2D eigenvalue weighted by atomic mass is 9.94. The summed E-state index contributed by atoms with van der Waals surface area (Å²) in [6, 6.07) is 6.91. The van der Waals surface area contributed by atoms with E-state index in [9.17, 15) is 14.3 Å². The van der Waals surface area contributed by atoms with Gasteiger partial charge in [-0.1, -0.05) is 0 Å². The van der Waals surface area contributed by atoms with E-state index >= 15 is 0 Å². The minimum absolute atomic E-state index is 0.0127. The van der Waals surface area contributed by atoms with E-state index in [-0.39, 0.29) is 17.1 Å². The Kier molecular flexibility index (Phi) is 3.25. The molecule has 0 saturated heterocycles. The standard InChI is InChI=1S/C15H13FO3/c1-8-5-11(16)6-9(2)14(8)12-4-3-10(15(18)19)7-13(12)17/h3-7,17H,1-2H3,(H,18,19). The first-order valence-electron chi connectivity index (χ1n) is 5.73. The molecule has 0 spiro atoms. The third-order valence-corrected chi connectivity index (χ3v) is 3.01. The fourth-order valence-corrected chi connectivity index (χ4v) is 2.21. The zero-order valence-corrected chi connectivity index (χ0v) is 10.6. The first kappa shape index (κ1) is 13.1. The van der Waals surface area contributed by atoms with Crippen molar-refractivity contribution in [2.24, 2.45) is 0 Å². The van der Waals surface area contributed by atoms with Crippen LogP contribution in [0.1, 0.15) is 21.5 Å². The largest absolute Gasteiger partial charge is 0.507 e. The average molecular weight is 260 g/mol. The smallest absolute Gasteiger partial charge is 0.335 e. The number of aromatic hydroxyl groups is 1. The van der Waals surface area contributed by atoms with E-state index in [1.807, 2.05) is 0 Å². The second-order valence-corrected chi connectivity index (χ2v) is 4.45. The van der Waals surface area contributed by atoms with Gasteiger partial charge in [0.05, 0.1) is 5.56 Å². The zero-order valence-electron chi connectivity index (χ0n) is 10.6. The van der Waals surface area contributed by atoms with Crippen molar-refractivity contribution in [1.29, 1.82) is 0 Å². The summed E-state index contributed by atoms with van der Waals surface area (Å²) >= 11 is 0. The second-order valence-electron chi connectivity index (χ2n) is 4.45. The summed E-state index contributed by atoms with van der Waals surface area (Å²) in [4.78, 5) is 10.8. The molecule has 0 unspecified atom stereocenters. The van der Waals surface area contributed by atoms with Gasteiger partial charge in [0.1, 0.15) is 11.6 Å². The Bertz CT molecular complexity index is 639. The Morgan fingerprint density at radius 3 is 2.16 bits per heavy atom. The molecule has 0 heterocycles. The van der Waals surface area contributed by atoms with Gasteiger partial charge >= 0.3 is 5.97 Å². The summed E-state index contributed by atoms with van der Waals surface area (Å²) in [5, 5.41) is 18.8. The number of rotatable bonds is 2. The number of hydrogen-bond donors (Lipinski definition) is 2. The Morgan fingerprint density at radius 1 is 1.11 bits per heavy atom. The third kappa shape index (κ3) is 2.42. The van der Waals surface area contributed by atoms with Crippen molar-refractivity contribution < 1.29 is 19.4 Å². The van der Waals surface area contributed by atoms with Gasteiger partial charge in [0.25, 0.3) is 0 Å². The summed E-state index contributed by atoms with van der Waals surface area (Å²) in [6.07, 6.45) is 0. The zero-order chi connectivity index (χ0) is 14.2. The van der Waals surface area contributed by atoms with Crippen molar-refractivity contribution >= 4 is 5.97 Å². The van der Waals surface area contributed by atoms with Crippen LogP contribution in [0.5, 0.6) is 5.75 Å². The number of phenols is 1. The number of carboxylic acid groups (broad SMARTS) is 1. The number of carboxylic acids is 1. The molecule has 98 valence electrons. The third-order valence-electron chi connectivity index (χ3n) is 3.01. The highest BCUT2D eigenvalue weighted by molar-refractivity contribution is 5.90. The topological polar surface area (TPSA) is 57.5 Å². The van der Waals surface area contributed by atoms with Crippen LogP contribution in [0.2, 0.25) is 0 Å². The van der Waals surface area contributed by atoms with Crippen molar-refractivity contribution in [3.05, 3.63) is 52.8 Å². The predicted molar refractivity (Wildman–Crippen MR) is 69.9 cm³/mol. The van der Waals surface area contributed by atoms with E-state index < -0.39 is 5.97 Å². The van der Waals surface area contributed by atoms with Crippen molar-refractivity contribution in [1.82, 2.24) is 0 Å². The lowest BCUT2D eigenvalue weighted by molar-refractivity contribution is 0.0696. The number of halogens is 1. The van der Waals surface area contributed by atoms with Gasteiger partial charge in [-0.2, -0.15) is 0 Å². The van der Waals surface area contributed by atoms with Gasteiger partial charge < -0.3 is 10.2 Å². The summed E-state index contributed by atoms with van der Waals surface area (Å²) < 4.78 is 13.3. The molecule has 2 rings (SSSR count). The molecule has 3 nitrogen and oxygen atoms in total. The van der Waals surface area contributed by atoms with Gasteiger partial charge in [-0.3, -0.25) is 0 Å². The Balaban J connectivity index is 2.63. The number of phenolic OH excluding ortho intramolecular Hbond substituents is 1. The first-order chi connectivity index (χ1) is 8.90. The Morgan fingerprint density at radius 2 is 1.68 bits per heavy atom. The van der Waals surface area contributed by atoms with Gasteiger partial charge in [0.2, 0.25) is 0 Å². The summed E-state index contributed by atoms with van der Waals surface area (Å²) in [7, 11) is 0. The van der Waals surface area contributed by atoms with E-state index in [0.29, 0.717) is 16.7 Å². The highest BCUT2D eigenvalue weighted by Gasteiger charge is 2.13. The van der Waals surface area contributed by atoms with Gasteiger partial charge in [-0.15, -0.1) is 0 Å². The molecule has 0 aliphatic heterocycles. The van der Waals surface area contributed by atoms with E-state index in [2.05, 4.69) is 0 Å². The fraction of sp³-hybridized carbons (Fsp3) is 0.133. The van der Waals surface area contributed by atoms with Crippen molar-refractivity contribution in [3.8, 4) is 16.9 Å². The van der Waals surface area contributed by atoms with Gasteiger partial charge in [0, 0.05) is 5.56 Å². The predicted octanol–water partition coefficient (Wildman–Crippen LogP) is 3.51. The van der Waals surface area contributed by atoms with E-state index in [1.54, 1.807) is 13.8 Å². The van der Waals surface area contributed by atoms with Crippen molar-refractivity contribution in [2.45, 2.75) is 13.8 Å². The maximum Gasteiger partial charge on any atom is 0.335 e. The molecule has 0 fully saturated rings. The van der Waals surface area contributed by atoms with Crippen LogP contribution < -0.4 is 0 Å². The number of hydrogen-bond acceptors (Lipinski definition) is 2. The SMILES string of the molecule is Cc1cc(F)cc(C)c1-c1ccc(C(=O)O)cc1O. The molecule has 0 atom stereocenters. The lowest BCUT2D eigenvalue weighted by Gasteiger charge is -2.12. The molecular formula is C15H13FO3. The molecule has 4 heteroatoms. The highest BCUT2D eigenvalue weighted by Crippen LogP contribution is 2.35. The molecular weight excluding hydrogens is 247 g/mol. The maximum absolute atomic E-state index is 13.3. The highest BCUT2D eigenvalue weighted by atomic mass is 19.1. The molecule has 0 aliphatic rings. The molecule has 0 aliphatic carbocycles. The van der Waals surface area contributed by atoms with Gasteiger partial charge in [0.15, 0.2) is 0 Å². The second kappa shape index (κ2) is 4.72. The molecule has 19 heavy (non-hydrogen) atoms. The monoisotopic (exact) mass is 260 g/mol. The normalized spacial score (nSPS) is 10.5. The number of aryl methyl sites for hydroxylation is 2. The van der Waals surface area contributed by atoms with E-state index in [1.165, 1.54) is 30.3 Å². The van der Waals surface area contributed by atoms with E-state index in [0.717, 1.165) is 5.56 Å². The average Bonchev–Trinajstić information content (AvgIpc) is 2.29. The van der Waals surface area contributed by atoms with Crippen LogP contribution in [0.3, 0.4) is 0 Å². The maximum atomic E-state index is 13.3. The van der Waals surface area contributed by atoms with Crippen LogP contribution in [0.4, 0.5) is 4.39 Å². The van der Waals surface area contributed by atoms with E-state index in [4.69, 9.17) is 5.11 Å². The first-order valence-corrected chi connectivity index (χ1v) is 5.73. The minimum atomic E-state index is -1.10. The number of carbonyl (C=O) groups is 1. The van der Waals surface area contributed by atoms with Crippen LogP contribution >= 0.6 is 0 Å². The Hall–Kier alpha value is -2.36. The van der Waals surface area contributed by atoms with Gasteiger partial charge in [-0.25, -0.2) is 9.18 Å². The summed E-state index contributed by atoms with van der Waals surface area (Å²) in [6.45, 7) is 3.49. The van der Waals surface area contributed by atoms with Crippen molar-refractivity contribution in [2.75, 3.05) is 0 Å². The van der Waals surface area contributed by atoms with Crippen LogP contribution in [0.25, 0.3) is 11.1 Å². The molecule has 0 saturated carbocycles. The molecule has 0 radical (unpaired) electrons. The van der Waals surface area contributed by atoms with Crippen LogP contribution in [0, 0.1) is 19.7 Å². The molecule has 0 bridgehead atoms. The summed E-state index contributed by atoms with van der Waals surface area (Å²) in [5.41, 5.74) is 2.61. The van der Waals surface area contributed by atoms with Crippen molar-refractivity contribution in [3.63, 3.8) is 0 Å². The Labute approximate surface area is 109 Å². The summed E-state index contributed by atoms with van der Waals surface area (Å²) in [5.74, 6) is -1.56. The minimum Gasteiger partial charge on any atom is -0.507 e. The van der Waals surface area contributed by atoms with Crippen LogP contribution in [0.15, 0.2) is 30.3 Å². The molecule has 0 aromatic heterocycles. The molecule has 2 N–H and O–H groups in total. The number of benzene rings is 2. The number of aromatic carboxylic acids is 1. The molecule has 2 aromatic rings.